The van der Waals surface area contributed by atoms with Crippen LogP contribution in [0.1, 0.15) is 42.8 Å². The van der Waals surface area contributed by atoms with E-state index in [0.717, 1.165) is 24.2 Å². The number of rotatable bonds is 7. The normalized spacial score (nSPS) is 11.2. The molecule has 25 heavy (non-hydrogen) atoms. The van der Waals surface area contributed by atoms with Crippen LogP contribution in [-0.4, -0.2) is 45.8 Å². The zero-order valence-corrected chi connectivity index (χ0v) is 14.5. The highest BCUT2D eigenvalue weighted by atomic mass is 16.5. The van der Waals surface area contributed by atoms with Gasteiger partial charge in [-0.3, -0.25) is 4.79 Å². The number of carbonyl (C=O) groups excluding carboxylic acids is 1. The highest BCUT2D eigenvalue weighted by molar-refractivity contribution is 5.71. The lowest BCUT2D eigenvalue weighted by Crippen LogP contribution is -2.13. The van der Waals surface area contributed by atoms with Gasteiger partial charge >= 0.3 is 5.97 Å². The molecule has 0 amide bonds. The maximum atomic E-state index is 12.1. The first-order chi connectivity index (χ1) is 12.1. The number of hydrogen-bond acceptors (Lipinski definition) is 8. The SMILES string of the molecule is CCCCn1nnnc1COC(=O)Cc1nc2nc(C)cc(C)n2n1. The van der Waals surface area contributed by atoms with Crippen molar-refractivity contribution in [1.82, 2.24) is 39.8 Å². The van der Waals surface area contributed by atoms with E-state index < -0.39 is 5.97 Å². The summed E-state index contributed by atoms with van der Waals surface area (Å²) < 4.78 is 8.51. The molecule has 0 radical (unpaired) electrons. The quantitative estimate of drug-likeness (QED) is 0.579. The van der Waals surface area contributed by atoms with Crippen LogP contribution >= 0.6 is 0 Å². The van der Waals surface area contributed by atoms with Crippen LogP contribution in [0.15, 0.2) is 6.07 Å². The number of hydrogen-bond donors (Lipinski definition) is 0. The van der Waals surface area contributed by atoms with Crippen LogP contribution in [0.25, 0.3) is 5.78 Å². The van der Waals surface area contributed by atoms with E-state index in [1.54, 1.807) is 9.20 Å². The Morgan fingerprint density at radius 1 is 1.28 bits per heavy atom. The lowest BCUT2D eigenvalue weighted by Gasteiger charge is -2.04. The third-order valence-electron chi connectivity index (χ3n) is 3.66. The predicted molar refractivity (Wildman–Crippen MR) is 86.5 cm³/mol. The van der Waals surface area contributed by atoms with E-state index >= 15 is 0 Å². The first kappa shape index (κ1) is 16.9. The Bertz CT molecular complexity index is 885. The molecule has 0 spiro atoms. The minimum atomic E-state index is -0.435. The van der Waals surface area contributed by atoms with Gasteiger partial charge in [0, 0.05) is 17.9 Å². The van der Waals surface area contributed by atoms with Crippen LogP contribution < -0.4 is 0 Å². The minimum absolute atomic E-state index is 0.0271. The molecule has 0 N–H and O–H groups in total. The van der Waals surface area contributed by atoms with Gasteiger partial charge in [-0.2, -0.15) is 4.98 Å². The van der Waals surface area contributed by atoms with Gasteiger partial charge < -0.3 is 4.74 Å². The molecule has 0 aliphatic rings. The second-order valence-corrected chi connectivity index (χ2v) is 5.79. The third-order valence-corrected chi connectivity index (χ3v) is 3.66. The summed E-state index contributed by atoms with van der Waals surface area (Å²) in [5.41, 5.74) is 1.76. The Hall–Kier alpha value is -2.91. The van der Waals surface area contributed by atoms with Crippen molar-refractivity contribution in [3.63, 3.8) is 0 Å². The fourth-order valence-corrected chi connectivity index (χ4v) is 2.42. The highest BCUT2D eigenvalue weighted by Crippen LogP contribution is 2.07. The summed E-state index contributed by atoms with van der Waals surface area (Å²) in [6.07, 6.45) is 1.97. The average molecular weight is 344 g/mol. The first-order valence-corrected chi connectivity index (χ1v) is 8.17. The Kier molecular flexibility index (Phi) is 4.96. The van der Waals surface area contributed by atoms with E-state index in [0.29, 0.717) is 24.0 Å². The topological polar surface area (TPSA) is 113 Å². The molecule has 0 atom stereocenters. The molecule has 3 aromatic heterocycles. The molecule has 3 heterocycles. The molecule has 10 heteroatoms. The van der Waals surface area contributed by atoms with Crippen molar-refractivity contribution in [2.75, 3.05) is 0 Å². The van der Waals surface area contributed by atoms with Crippen molar-refractivity contribution < 1.29 is 9.53 Å². The van der Waals surface area contributed by atoms with Gasteiger partial charge in [0.15, 0.2) is 18.3 Å². The standard InChI is InChI=1S/C15H20N8O2/c1-4-5-6-22-13(18-20-21-22)9-25-14(24)8-12-17-15-16-10(2)7-11(3)23(15)19-12/h7H,4-6,8-9H2,1-3H3. The number of esters is 1. The van der Waals surface area contributed by atoms with E-state index in [4.69, 9.17) is 4.74 Å². The van der Waals surface area contributed by atoms with E-state index in [1.165, 1.54) is 0 Å². The minimum Gasteiger partial charge on any atom is -0.457 e. The van der Waals surface area contributed by atoms with E-state index in [-0.39, 0.29) is 13.0 Å². The molecular formula is C15H20N8O2. The molecule has 0 fully saturated rings. The molecule has 3 aromatic rings. The zero-order chi connectivity index (χ0) is 17.8. The van der Waals surface area contributed by atoms with Gasteiger partial charge in [0.25, 0.3) is 5.78 Å². The predicted octanol–water partition coefficient (Wildman–Crippen LogP) is 0.814. The van der Waals surface area contributed by atoms with E-state index in [1.807, 2.05) is 19.9 Å². The molecule has 0 aliphatic carbocycles. The number of tetrazole rings is 1. The van der Waals surface area contributed by atoms with Crippen molar-refractivity contribution in [3.8, 4) is 0 Å². The maximum absolute atomic E-state index is 12.1. The molecule has 10 nitrogen and oxygen atoms in total. The monoisotopic (exact) mass is 344 g/mol. The number of carbonyl (C=O) groups is 1. The van der Waals surface area contributed by atoms with Gasteiger partial charge in [0.05, 0.1) is 0 Å². The summed E-state index contributed by atoms with van der Waals surface area (Å²) in [6, 6.07) is 1.90. The number of nitrogens with zero attached hydrogens (tertiary/aromatic N) is 8. The summed E-state index contributed by atoms with van der Waals surface area (Å²) in [7, 11) is 0. The first-order valence-electron chi connectivity index (χ1n) is 8.17. The zero-order valence-electron chi connectivity index (χ0n) is 14.5. The van der Waals surface area contributed by atoms with Crippen LogP contribution in [0, 0.1) is 13.8 Å². The molecule has 0 bridgehead atoms. The number of aromatic nitrogens is 8. The molecule has 0 saturated carbocycles. The van der Waals surface area contributed by atoms with Crippen molar-refractivity contribution in [2.45, 2.75) is 53.2 Å². The Morgan fingerprint density at radius 2 is 2.12 bits per heavy atom. The maximum Gasteiger partial charge on any atom is 0.314 e. The van der Waals surface area contributed by atoms with Gasteiger partial charge in [-0.05, 0) is 36.8 Å². The van der Waals surface area contributed by atoms with E-state index in [9.17, 15) is 4.79 Å². The number of ether oxygens (including phenoxy) is 1. The van der Waals surface area contributed by atoms with Crippen molar-refractivity contribution in [2.24, 2.45) is 0 Å². The summed E-state index contributed by atoms with van der Waals surface area (Å²) in [6.45, 7) is 6.62. The average Bonchev–Trinajstić information content (AvgIpc) is 3.17. The number of unbranched alkanes of at least 4 members (excludes halogenated alkanes) is 1. The third kappa shape index (κ3) is 3.95. The lowest BCUT2D eigenvalue weighted by molar-refractivity contribution is -0.144. The van der Waals surface area contributed by atoms with Gasteiger partial charge in [-0.15, -0.1) is 10.2 Å². The fraction of sp³-hybridized carbons (Fsp3) is 0.533. The molecule has 0 saturated heterocycles. The smallest absolute Gasteiger partial charge is 0.314 e. The second-order valence-electron chi connectivity index (χ2n) is 5.79. The van der Waals surface area contributed by atoms with Gasteiger partial charge in [-0.25, -0.2) is 14.2 Å². The summed E-state index contributed by atoms with van der Waals surface area (Å²) in [5, 5.41) is 15.7. The Labute approximate surface area is 144 Å². The molecule has 0 aromatic carbocycles. The largest absolute Gasteiger partial charge is 0.457 e. The number of aryl methyl sites for hydroxylation is 3. The van der Waals surface area contributed by atoms with Crippen molar-refractivity contribution >= 4 is 11.7 Å². The van der Waals surface area contributed by atoms with Crippen LogP contribution in [0.4, 0.5) is 0 Å². The summed E-state index contributed by atoms with van der Waals surface area (Å²) >= 11 is 0. The van der Waals surface area contributed by atoms with Crippen LogP contribution in [0.2, 0.25) is 0 Å². The van der Waals surface area contributed by atoms with Crippen LogP contribution in [0.5, 0.6) is 0 Å². The van der Waals surface area contributed by atoms with Gasteiger partial charge in [0.2, 0.25) is 0 Å². The molecule has 132 valence electrons. The highest BCUT2D eigenvalue weighted by Gasteiger charge is 2.14. The van der Waals surface area contributed by atoms with Gasteiger partial charge in [0.1, 0.15) is 6.42 Å². The van der Waals surface area contributed by atoms with Crippen LogP contribution in [-0.2, 0) is 29.1 Å². The molecule has 0 unspecified atom stereocenters. The fourth-order valence-electron chi connectivity index (χ4n) is 2.42. The molecule has 0 aliphatic heterocycles. The Morgan fingerprint density at radius 3 is 2.92 bits per heavy atom. The molecule has 3 rings (SSSR count). The second kappa shape index (κ2) is 7.32. The van der Waals surface area contributed by atoms with Crippen molar-refractivity contribution in [1.29, 1.82) is 0 Å². The van der Waals surface area contributed by atoms with Gasteiger partial charge in [-0.1, -0.05) is 13.3 Å². The Balaban J connectivity index is 1.61. The van der Waals surface area contributed by atoms with Crippen LogP contribution in [0.3, 0.4) is 0 Å². The molecular weight excluding hydrogens is 324 g/mol. The lowest BCUT2D eigenvalue weighted by atomic mass is 10.3. The number of fused-ring (bicyclic) bond motifs is 1. The van der Waals surface area contributed by atoms with E-state index in [2.05, 4.69) is 37.5 Å². The van der Waals surface area contributed by atoms with Crippen molar-refractivity contribution in [3.05, 3.63) is 29.1 Å². The summed E-state index contributed by atoms with van der Waals surface area (Å²) in [5.74, 6) is 0.939. The summed E-state index contributed by atoms with van der Waals surface area (Å²) in [4.78, 5) is 20.6.